The van der Waals surface area contributed by atoms with E-state index in [9.17, 15) is 0 Å². The van der Waals surface area contributed by atoms with Crippen molar-refractivity contribution in [3.05, 3.63) is 42.2 Å². The zero-order valence-electron chi connectivity index (χ0n) is 14.7. The van der Waals surface area contributed by atoms with Gasteiger partial charge < -0.3 is 25.4 Å². The number of pyridine rings is 1. The largest absolute Gasteiger partial charge is 0.493 e. The lowest BCUT2D eigenvalue weighted by Gasteiger charge is -2.38. The third kappa shape index (κ3) is 3.36. The van der Waals surface area contributed by atoms with Crippen molar-refractivity contribution in [1.82, 2.24) is 4.98 Å². The summed E-state index contributed by atoms with van der Waals surface area (Å²) in [6.07, 6.45) is 3.18. The maximum atomic E-state index is 6.48. The fourth-order valence-electron chi connectivity index (χ4n) is 2.89. The molecule has 3 rings (SSSR count). The van der Waals surface area contributed by atoms with Crippen molar-refractivity contribution in [3.8, 4) is 11.5 Å². The number of aliphatic imine (C=N–C) groups is 1. The maximum Gasteiger partial charge on any atom is 0.162 e. The predicted octanol–water partition coefficient (Wildman–Crippen LogP) is 2.23. The highest BCUT2D eigenvalue weighted by atomic mass is 16.5. The van der Waals surface area contributed by atoms with Crippen LogP contribution in [0.4, 0.5) is 11.4 Å². The van der Waals surface area contributed by atoms with Crippen molar-refractivity contribution in [2.45, 2.75) is 19.6 Å². The standard InChI is InChI=1S/C18H23N5O2/c1-4-21-18-17(19)23(11-12-5-7-20-8-6-12)14-10-16(25-3)15(24-2)9-13(14)22-18/h5-10,17H,4,11,19H2,1-3H3,(H,21,22). The number of fused-ring (bicyclic) bond motifs is 1. The topological polar surface area (TPSA) is 85.0 Å². The van der Waals surface area contributed by atoms with E-state index in [2.05, 4.69) is 20.2 Å². The monoisotopic (exact) mass is 341 g/mol. The molecule has 132 valence electrons. The van der Waals surface area contributed by atoms with Gasteiger partial charge in [0, 0.05) is 37.6 Å². The zero-order chi connectivity index (χ0) is 17.8. The second kappa shape index (κ2) is 7.40. The number of nitrogens with zero attached hydrogens (tertiary/aromatic N) is 3. The summed E-state index contributed by atoms with van der Waals surface area (Å²) >= 11 is 0. The number of benzene rings is 1. The van der Waals surface area contributed by atoms with E-state index in [4.69, 9.17) is 15.2 Å². The molecule has 1 aromatic heterocycles. The van der Waals surface area contributed by atoms with E-state index in [0.717, 1.165) is 22.8 Å². The van der Waals surface area contributed by atoms with E-state index in [-0.39, 0.29) is 6.17 Å². The summed E-state index contributed by atoms with van der Waals surface area (Å²) in [6, 6.07) is 7.80. The van der Waals surface area contributed by atoms with Gasteiger partial charge in [0.25, 0.3) is 0 Å². The van der Waals surface area contributed by atoms with Crippen molar-refractivity contribution >= 4 is 17.2 Å². The molecule has 0 saturated carbocycles. The lowest BCUT2D eigenvalue weighted by molar-refractivity contribution is 0.355. The molecule has 1 atom stereocenters. The molecule has 7 heteroatoms. The van der Waals surface area contributed by atoms with Gasteiger partial charge in [-0.25, -0.2) is 0 Å². The smallest absolute Gasteiger partial charge is 0.162 e. The Bertz CT molecular complexity index is 764. The van der Waals surface area contributed by atoms with Crippen LogP contribution in [0.5, 0.6) is 11.5 Å². The van der Waals surface area contributed by atoms with Gasteiger partial charge in [-0.3, -0.25) is 9.98 Å². The Morgan fingerprint density at radius 2 is 1.88 bits per heavy atom. The molecule has 0 saturated heterocycles. The number of ether oxygens (including phenoxy) is 2. The molecule has 0 spiro atoms. The molecule has 25 heavy (non-hydrogen) atoms. The van der Waals surface area contributed by atoms with Crippen LogP contribution in [0.3, 0.4) is 0 Å². The fraction of sp³-hybridized carbons (Fsp3) is 0.333. The number of nitrogens with one attached hydrogen (secondary N) is 1. The van der Waals surface area contributed by atoms with Gasteiger partial charge in [0.15, 0.2) is 11.5 Å². The number of rotatable bonds is 5. The number of aromatic nitrogens is 1. The van der Waals surface area contributed by atoms with E-state index < -0.39 is 0 Å². The molecule has 1 aromatic carbocycles. The third-order valence-electron chi connectivity index (χ3n) is 4.12. The summed E-state index contributed by atoms with van der Waals surface area (Å²) in [6.45, 7) is 3.27. The fourth-order valence-corrected chi connectivity index (χ4v) is 2.89. The normalized spacial score (nSPS) is 17.8. The highest BCUT2D eigenvalue weighted by Crippen LogP contribution is 2.41. The maximum absolute atomic E-state index is 6.48. The van der Waals surface area contributed by atoms with Crippen LogP contribution in [-0.2, 0) is 6.54 Å². The van der Waals surface area contributed by atoms with Crippen LogP contribution in [-0.4, -0.2) is 37.7 Å². The number of amidine groups is 1. The van der Waals surface area contributed by atoms with Crippen molar-refractivity contribution in [2.75, 3.05) is 31.0 Å². The van der Waals surface area contributed by atoms with E-state index in [0.29, 0.717) is 24.6 Å². The van der Waals surface area contributed by atoms with Crippen LogP contribution in [0.25, 0.3) is 0 Å². The van der Waals surface area contributed by atoms with E-state index >= 15 is 0 Å². The van der Waals surface area contributed by atoms with Gasteiger partial charge in [-0.15, -0.1) is 0 Å². The molecule has 0 fully saturated rings. The predicted molar refractivity (Wildman–Crippen MR) is 99.5 cm³/mol. The molecule has 0 amide bonds. The lowest BCUT2D eigenvalue weighted by Crippen LogP contribution is -2.53. The number of hydrogen-bond donors (Lipinski definition) is 2. The third-order valence-corrected chi connectivity index (χ3v) is 4.12. The summed E-state index contributed by atoms with van der Waals surface area (Å²) in [4.78, 5) is 10.7. The number of nitrogens with two attached hydrogens (primary N) is 1. The van der Waals surface area contributed by atoms with Crippen LogP contribution >= 0.6 is 0 Å². The van der Waals surface area contributed by atoms with Crippen LogP contribution in [0, 0.1) is 0 Å². The van der Waals surface area contributed by atoms with Crippen LogP contribution in [0.1, 0.15) is 12.5 Å². The molecule has 1 aliphatic heterocycles. The summed E-state index contributed by atoms with van der Waals surface area (Å²) in [7, 11) is 3.24. The minimum absolute atomic E-state index is 0.376. The molecule has 1 unspecified atom stereocenters. The summed E-state index contributed by atoms with van der Waals surface area (Å²) in [5.41, 5.74) is 9.42. The van der Waals surface area contributed by atoms with Gasteiger partial charge in [-0.2, -0.15) is 0 Å². The first-order valence-electron chi connectivity index (χ1n) is 8.16. The minimum atomic E-state index is -0.376. The first kappa shape index (κ1) is 17.0. The average Bonchev–Trinajstić information content (AvgIpc) is 2.65. The summed E-state index contributed by atoms with van der Waals surface area (Å²) in [5, 5.41) is 3.32. The zero-order valence-corrected chi connectivity index (χ0v) is 14.7. The number of hydrogen-bond acceptors (Lipinski definition) is 6. The Kier molecular flexibility index (Phi) is 5.04. The second-order valence-electron chi connectivity index (χ2n) is 5.64. The molecule has 2 aromatic rings. The molecule has 2 heterocycles. The Balaban J connectivity index is 2.07. The molecule has 0 bridgehead atoms. The molecule has 7 nitrogen and oxygen atoms in total. The Morgan fingerprint density at radius 1 is 1.20 bits per heavy atom. The van der Waals surface area contributed by atoms with Gasteiger partial charge in [0.1, 0.15) is 12.0 Å². The molecule has 0 radical (unpaired) electrons. The second-order valence-corrected chi connectivity index (χ2v) is 5.64. The van der Waals surface area contributed by atoms with Gasteiger partial charge >= 0.3 is 0 Å². The quantitative estimate of drug-likeness (QED) is 0.867. The van der Waals surface area contributed by atoms with Gasteiger partial charge in [0.2, 0.25) is 0 Å². The van der Waals surface area contributed by atoms with Crippen molar-refractivity contribution < 1.29 is 9.47 Å². The van der Waals surface area contributed by atoms with Gasteiger partial charge in [-0.1, -0.05) is 0 Å². The Labute approximate surface area is 147 Å². The number of anilines is 2. The minimum Gasteiger partial charge on any atom is -0.493 e. The Morgan fingerprint density at radius 3 is 2.52 bits per heavy atom. The number of methoxy groups -OCH3 is 2. The van der Waals surface area contributed by atoms with Crippen LogP contribution in [0.15, 0.2) is 41.7 Å². The molecule has 1 aliphatic rings. The lowest BCUT2D eigenvalue weighted by atomic mass is 10.1. The van der Waals surface area contributed by atoms with Crippen molar-refractivity contribution in [3.63, 3.8) is 0 Å². The SMILES string of the molecule is CCN=C1Nc2cc(OC)c(OC)cc2N(Cc2ccncc2)C1N. The average molecular weight is 341 g/mol. The molecule has 0 aliphatic carbocycles. The van der Waals surface area contributed by atoms with E-state index in [1.54, 1.807) is 26.6 Å². The van der Waals surface area contributed by atoms with Gasteiger partial charge in [-0.05, 0) is 24.6 Å². The van der Waals surface area contributed by atoms with Crippen molar-refractivity contribution in [1.29, 1.82) is 0 Å². The van der Waals surface area contributed by atoms with E-state index in [1.807, 2.05) is 31.2 Å². The molecular formula is C18H23N5O2. The van der Waals surface area contributed by atoms with Gasteiger partial charge in [0.05, 0.1) is 25.6 Å². The summed E-state index contributed by atoms with van der Waals surface area (Å²) in [5.74, 6) is 2.05. The Hall–Kier alpha value is -2.80. The van der Waals surface area contributed by atoms with Crippen LogP contribution < -0.4 is 25.4 Å². The molecular weight excluding hydrogens is 318 g/mol. The summed E-state index contributed by atoms with van der Waals surface area (Å²) < 4.78 is 10.9. The first-order valence-corrected chi connectivity index (χ1v) is 8.16. The van der Waals surface area contributed by atoms with Crippen LogP contribution in [0.2, 0.25) is 0 Å². The first-order chi connectivity index (χ1) is 12.2. The van der Waals surface area contributed by atoms with Crippen molar-refractivity contribution in [2.24, 2.45) is 10.7 Å². The molecule has 3 N–H and O–H groups in total. The highest BCUT2D eigenvalue weighted by molar-refractivity contribution is 6.07. The highest BCUT2D eigenvalue weighted by Gasteiger charge is 2.30. The van der Waals surface area contributed by atoms with E-state index in [1.165, 1.54) is 0 Å².